The Morgan fingerprint density at radius 2 is 2.04 bits per heavy atom. The van der Waals surface area contributed by atoms with Crippen molar-refractivity contribution in [1.82, 2.24) is 14.9 Å². The van der Waals surface area contributed by atoms with Gasteiger partial charge in [-0.05, 0) is 36.5 Å². The molecular formula is C19H24N4O. The highest BCUT2D eigenvalue weighted by Gasteiger charge is 2.20. The molecule has 1 aromatic carbocycles. The fourth-order valence-corrected chi connectivity index (χ4v) is 3.06. The van der Waals surface area contributed by atoms with E-state index in [-0.39, 0.29) is 5.91 Å². The predicted octanol–water partition coefficient (Wildman–Crippen LogP) is 3.08. The maximum absolute atomic E-state index is 11.9. The van der Waals surface area contributed by atoms with Crippen LogP contribution < -0.4 is 5.32 Å². The standard InChI is InChI=1S/C19H24N4O/c1-3-17-14(2)11-20-19(22-17)21-12-15-7-4-5-8-16(15)13-23-10-6-9-18(23)24/h4-5,7-8,11H,3,6,9-10,12-13H2,1-2H3,(H,20,21,22). The Hall–Kier alpha value is -2.43. The molecule has 126 valence electrons. The van der Waals surface area contributed by atoms with Gasteiger partial charge in [0, 0.05) is 37.9 Å². The highest BCUT2D eigenvalue weighted by atomic mass is 16.2. The number of aromatic nitrogens is 2. The summed E-state index contributed by atoms with van der Waals surface area (Å²) in [5.41, 5.74) is 4.56. The Labute approximate surface area is 143 Å². The maximum atomic E-state index is 11.9. The number of nitrogens with one attached hydrogen (secondary N) is 1. The van der Waals surface area contributed by atoms with E-state index in [1.807, 2.05) is 30.2 Å². The summed E-state index contributed by atoms with van der Waals surface area (Å²) >= 11 is 0. The van der Waals surface area contributed by atoms with E-state index in [4.69, 9.17) is 0 Å². The van der Waals surface area contributed by atoms with Crippen LogP contribution in [-0.2, 0) is 24.3 Å². The van der Waals surface area contributed by atoms with Crippen LogP contribution in [0.4, 0.5) is 5.95 Å². The number of likely N-dealkylation sites (tertiary alicyclic amines) is 1. The van der Waals surface area contributed by atoms with Crippen LogP contribution in [0.3, 0.4) is 0 Å². The number of hydrogen-bond donors (Lipinski definition) is 1. The number of anilines is 1. The first-order chi connectivity index (χ1) is 11.7. The second-order valence-corrected chi connectivity index (χ2v) is 6.22. The number of aryl methyl sites for hydroxylation is 2. The minimum atomic E-state index is 0.257. The van der Waals surface area contributed by atoms with E-state index in [0.717, 1.165) is 30.6 Å². The zero-order chi connectivity index (χ0) is 16.9. The third-order valence-electron chi connectivity index (χ3n) is 4.50. The highest BCUT2D eigenvalue weighted by molar-refractivity contribution is 5.78. The number of carbonyl (C=O) groups excluding carboxylic acids is 1. The van der Waals surface area contributed by atoms with Gasteiger partial charge in [0.05, 0.1) is 0 Å². The lowest BCUT2D eigenvalue weighted by atomic mass is 10.1. The van der Waals surface area contributed by atoms with Gasteiger partial charge in [-0.15, -0.1) is 0 Å². The maximum Gasteiger partial charge on any atom is 0.223 e. The number of amides is 1. The van der Waals surface area contributed by atoms with Crippen LogP contribution >= 0.6 is 0 Å². The summed E-state index contributed by atoms with van der Waals surface area (Å²) in [6.07, 6.45) is 4.41. The summed E-state index contributed by atoms with van der Waals surface area (Å²) in [5.74, 6) is 0.914. The van der Waals surface area contributed by atoms with Crippen LogP contribution in [0.2, 0.25) is 0 Å². The lowest BCUT2D eigenvalue weighted by Gasteiger charge is -2.18. The molecular weight excluding hydrogens is 300 g/mol. The zero-order valence-electron chi connectivity index (χ0n) is 14.4. The van der Waals surface area contributed by atoms with Gasteiger partial charge in [0.15, 0.2) is 0 Å². The van der Waals surface area contributed by atoms with Crippen LogP contribution in [0, 0.1) is 6.92 Å². The third-order valence-corrected chi connectivity index (χ3v) is 4.50. The molecule has 1 amide bonds. The number of benzene rings is 1. The molecule has 1 aromatic heterocycles. The van der Waals surface area contributed by atoms with Crippen molar-refractivity contribution in [2.45, 2.75) is 46.2 Å². The SMILES string of the molecule is CCc1nc(NCc2ccccc2CN2CCCC2=O)ncc1C. The van der Waals surface area contributed by atoms with Gasteiger partial charge in [-0.25, -0.2) is 9.97 Å². The first-order valence-corrected chi connectivity index (χ1v) is 8.58. The summed E-state index contributed by atoms with van der Waals surface area (Å²) in [5, 5.41) is 3.31. The summed E-state index contributed by atoms with van der Waals surface area (Å²) < 4.78 is 0. The fourth-order valence-electron chi connectivity index (χ4n) is 3.06. The Morgan fingerprint density at radius 3 is 2.75 bits per heavy atom. The molecule has 1 saturated heterocycles. The van der Waals surface area contributed by atoms with Crippen LogP contribution in [-0.4, -0.2) is 27.3 Å². The zero-order valence-corrected chi connectivity index (χ0v) is 14.4. The highest BCUT2D eigenvalue weighted by Crippen LogP contribution is 2.18. The molecule has 0 radical (unpaired) electrons. The molecule has 2 heterocycles. The normalized spacial score (nSPS) is 14.2. The van der Waals surface area contributed by atoms with Crippen LogP contribution in [0.5, 0.6) is 0 Å². The van der Waals surface area contributed by atoms with E-state index in [1.54, 1.807) is 0 Å². The molecule has 0 bridgehead atoms. The van der Waals surface area contributed by atoms with Crippen molar-refractivity contribution in [2.75, 3.05) is 11.9 Å². The monoisotopic (exact) mass is 324 g/mol. The van der Waals surface area contributed by atoms with Crippen molar-refractivity contribution in [3.05, 3.63) is 52.8 Å². The van der Waals surface area contributed by atoms with Crippen LogP contribution in [0.15, 0.2) is 30.5 Å². The fraction of sp³-hybridized carbons (Fsp3) is 0.421. The van der Waals surface area contributed by atoms with Gasteiger partial charge in [-0.1, -0.05) is 31.2 Å². The molecule has 1 aliphatic heterocycles. The van der Waals surface area contributed by atoms with E-state index in [1.165, 1.54) is 11.1 Å². The molecule has 0 unspecified atom stereocenters. The molecule has 5 nitrogen and oxygen atoms in total. The third kappa shape index (κ3) is 3.72. The Kier molecular flexibility index (Phi) is 5.08. The lowest BCUT2D eigenvalue weighted by Crippen LogP contribution is -2.24. The summed E-state index contributed by atoms with van der Waals surface area (Å²) in [7, 11) is 0. The molecule has 0 saturated carbocycles. The largest absolute Gasteiger partial charge is 0.350 e. The first-order valence-electron chi connectivity index (χ1n) is 8.58. The van der Waals surface area contributed by atoms with Crippen molar-refractivity contribution >= 4 is 11.9 Å². The Bertz CT molecular complexity index is 729. The first kappa shape index (κ1) is 16.4. The molecule has 3 rings (SSSR count). The lowest BCUT2D eigenvalue weighted by molar-refractivity contribution is -0.128. The van der Waals surface area contributed by atoms with Crippen LogP contribution in [0.1, 0.15) is 42.1 Å². The molecule has 2 aromatic rings. The molecule has 0 spiro atoms. The molecule has 1 N–H and O–H groups in total. The summed E-state index contributed by atoms with van der Waals surface area (Å²) in [6, 6.07) is 8.24. The number of hydrogen-bond acceptors (Lipinski definition) is 4. The van der Waals surface area contributed by atoms with Gasteiger partial charge in [-0.2, -0.15) is 0 Å². The van der Waals surface area contributed by atoms with Crippen molar-refractivity contribution in [2.24, 2.45) is 0 Å². The molecule has 1 fully saturated rings. The average molecular weight is 324 g/mol. The van der Waals surface area contributed by atoms with Gasteiger partial charge in [0.25, 0.3) is 0 Å². The minimum Gasteiger partial charge on any atom is -0.350 e. The average Bonchev–Trinajstić information content (AvgIpc) is 3.00. The molecule has 0 aliphatic carbocycles. The summed E-state index contributed by atoms with van der Waals surface area (Å²) in [6.45, 7) is 6.34. The smallest absolute Gasteiger partial charge is 0.223 e. The number of rotatable bonds is 6. The van der Waals surface area contributed by atoms with Crippen molar-refractivity contribution in [3.63, 3.8) is 0 Å². The van der Waals surface area contributed by atoms with Crippen LogP contribution in [0.25, 0.3) is 0 Å². The summed E-state index contributed by atoms with van der Waals surface area (Å²) in [4.78, 5) is 22.7. The van der Waals surface area contributed by atoms with E-state index >= 15 is 0 Å². The second kappa shape index (κ2) is 7.43. The van der Waals surface area contributed by atoms with Gasteiger partial charge in [0.2, 0.25) is 11.9 Å². The molecule has 0 atom stereocenters. The van der Waals surface area contributed by atoms with E-state index in [0.29, 0.717) is 25.5 Å². The Morgan fingerprint density at radius 1 is 1.25 bits per heavy atom. The van der Waals surface area contributed by atoms with E-state index < -0.39 is 0 Å². The van der Waals surface area contributed by atoms with Crippen molar-refractivity contribution in [1.29, 1.82) is 0 Å². The number of carbonyl (C=O) groups is 1. The quantitative estimate of drug-likeness (QED) is 0.887. The van der Waals surface area contributed by atoms with Gasteiger partial charge in [0.1, 0.15) is 0 Å². The topological polar surface area (TPSA) is 58.1 Å². The van der Waals surface area contributed by atoms with Crippen molar-refractivity contribution in [3.8, 4) is 0 Å². The molecule has 5 heteroatoms. The van der Waals surface area contributed by atoms with E-state index in [2.05, 4.69) is 34.3 Å². The predicted molar refractivity (Wildman–Crippen MR) is 94.6 cm³/mol. The number of nitrogens with zero attached hydrogens (tertiary/aromatic N) is 3. The van der Waals surface area contributed by atoms with Gasteiger partial charge < -0.3 is 10.2 Å². The Balaban J connectivity index is 1.70. The van der Waals surface area contributed by atoms with Gasteiger partial charge in [-0.3, -0.25) is 4.79 Å². The van der Waals surface area contributed by atoms with Gasteiger partial charge >= 0.3 is 0 Å². The van der Waals surface area contributed by atoms with E-state index in [9.17, 15) is 4.79 Å². The second-order valence-electron chi connectivity index (χ2n) is 6.22. The molecule has 24 heavy (non-hydrogen) atoms. The van der Waals surface area contributed by atoms with Crippen molar-refractivity contribution < 1.29 is 4.79 Å². The minimum absolute atomic E-state index is 0.257. The molecule has 1 aliphatic rings.